The highest BCUT2D eigenvalue weighted by molar-refractivity contribution is 7.99. The molecule has 30 heavy (non-hydrogen) atoms. The lowest BCUT2D eigenvalue weighted by Crippen LogP contribution is -2.28. The van der Waals surface area contributed by atoms with Gasteiger partial charge in [-0.25, -0.2) is 4.98 Å². The second-order valence-corrected chi connectivity index (χ2v) is 9.57. The molecule has 1 N–H and O–H groups in total. The number of nitrogens with one attached hydrogen (secondary N) is 1. The number of carbonyl (C=O) groups excluding carboxylic acids is 1. The van der Waals surface area contributed by atoms with Gasteiger partial charge in [-0.2, -0.15) is 0 Å². The molecule has 1 aromatic carbocycles. The third-order valence-electron chi connectivity index (χ3n) is 5.30. The smallest absolute Gasteiger partial charge is 0.262 e. The lowest BCUT2D eigenvalue weighted by molar-refractivity contribution is -0.118. The second-order valence-electron chi connectivity index (χ2n) is 8.19. The molecule has 2 aromatic rings. The van der Waals surface area contributed by atoms with Crippen molar-refractivity contribution in [3.8, 4) is 0 Å². The van der Waals surface area contributed by atoms with E-state index in [0.717, 1.165) is 25.7 Å². The van der Waals surface area contributed by atoms with E-state index >= 15 is 0 Å². The van der Waals surface area contributed by atoms with E-state index in [1.165, 1.54) is 30.2 Å². The molecule has 0 spiro atoms. The van der Waals surface area contributed by atoms with Crippen LogP contribution in [0.3, 0.4) is 0 Å². The molecular weight excluding hydrogens is 418 g/mol. The van der Waals surface area contributed by atoms with Crippen LogP contribution in [0.15, 0.2) is 39.8 Å². The number of amides is 1. The van der Waals surface area contributed by atoms with Crippen molar-refractivity contribution in [2.24, 2.45) is 5.92 Å². The number of aromatic nitrogens is 2. The number of fused-ring (bicyclic) bond motifs is 1. The number of allylic oxidation sites excluding steroid dienone is 1. The molecule has 0 aliphatic heterocycles. The lowest BCUT2D eigenvalue weighted by Gasteiger charge is -2.15. The van der Waals surface area contributed by atoms with Crippen LogP contribution >= 0.6 is 23.4 Å². The molecule has 0 atom stereocenters. The number of rotatable bonds is 9. The van der Waals surface area contributed by atoms with Crippen LogP contribution < -0.4 is 10.9 Å². The van der Waals surface area contributed by atoms with E-state index in [2.05, 4.69) is 30.2 Å². The highest BCUT2D eigenvalue weighted by Crippen LogP contribution is 2.22. The number of thioether (sulfide) groups is 1. The molecule has 0 radical (unpaired) electrons. The van der Waals surface area contributed by atoms with Crippen LogP contribution in [0.25, 0.3) is 10.9 Å². The Balaban J connectivity index is 1.68. The first-order valence-corrected chi connectivity index (χ1v) is 12.1. The zero-order chi connectivity index (χ0) is 21.5. The molecule has 0 unspecified atom stereocenters. The third-order valence-corrected chi connectivity index (χ3v) is 6.51. The summed E-state index contributed by atoms with van der Waals surface area (Å²) in [5.41, 5.74) is 1.94. The van der Waals surface area contributed by atoms with Gasteiger partial charge in [-0.05, 0) is 62.6 Å². The highest BCUT2D eigenvalue weighted by Gasteiger charge is 2.14. The Morgan fingerprint density at radius 2 is 2.17 bits per heavy atom. The Morgan fingerprint density at radius 3 is 2.90 bits per heavy atom. The van der Waals surface area contributed by atoms with Gasteiger partial charge >= 0.3 is 0 Å². The first-order chi connectivity index (χ1) is 14.4. The molecule has 1 aliphatic rings. The van der Waals surface area contributed by atoms with Crippen molar-refractivity contribution in [3.05, 3.63) is 45.2 Å². The van der Waals surface area contributed by atoms with Gasteiger partial charge in [0.1, 0.15) is 0 Å². The summed E-state index contributed by atoms with van der Waals surface area (Å²) in [4.78, 5) is 30.0. The Morgan fingerprint density at radius 1 is 1.33 bits per heavy atom. The van der Waals surface area contributed by atoms with E-state index in [1.807, 2.05) is 0 Å². The molecule has 1 heterocycles. The molecule has 0 fully saturated rings. The van der Waals surface area contributed by atoms with Crippen molar-refractivity contribution in [2.75, 3.05) is 12.3 Å². The fraction of sp³-hybridized carbons (Fsp3) is 0.522. The normalized spacial score (nSPS) is 14.2. The average Bonchev–Trinajstić information content (AvgIpc) is 2.72. The Hall–Kier alpha value is -1.79. The molecule has 1 amide bonds. The first kappa shape index (κ1) is 22.9. The summed E-state index contributed by atoms with van der Waals surface area (Å²) in [5, 5.41) is 4.66. The number of nitrogens with zero attached hydrogens (tertiary/aromatic N) is 2. The number of hydrogen-bond acceptors (Lipinski definition) is 4. The van der Waals surface area contributed by atoms with Gasteiger partial charge in [-0.15, -0.1) is 0 Å². The molecule has 0 saturated carbocycles. The van der Waals surface area contributed by atoms with Crippen LogP contribution in [-0.4, -0.2) is 27.8 Å². The van der Waals surface area contributed by atoms with Crippen LogP contribution in [0.5, 0.6) is 0 Å². The quantitative estimate of drug-likeness (QED) is 0.326. The van der Waals surface area contributed by atoms with Gasteiger partial charge in [0, 0.05) is 18.1 Å². The van der Waals surface area contributed by atoms with E-state index in [-0.39, 0.29) is 17.2 Å². The average molecular weight is 448 g/mol. The van der Waals surface area contributed by atoms with Crippen molar-refractivity contribution in [1.29, 1.82) is 0 Å². The van der Waals surface area contributed by atoms with Gasteiger partial charge in [0.15, 0.2) is 5.16 Å². The van der Waals surface area contributed by atoms with Crippen LogP contribution in [0, 0.1) is 5.92 Å². The SMILES string of the molecule is CC(C)CCn1c(SCC(=O)NCCC2=CCCCC2)nc2cc(Cl)ccc2c1=O. The molecule has 3 rings (SSSR count). The summed E-state index contributed by atoms with van der Waals surface area (Å²) in [6.45, 7) is 5.49. The Labute approximate surface area is 187 Å². The minimum absolute atomic E-state index is 0.0349. The molecule has 0 bridgehead atoms. The van der Waals surface area contributed by atoms with E-state index in [4.69, 9.17) is 11.6 Å². The fourth-order valence-corrected chi connectivity index (χ4v) is 4.57. The van der Waals surface area contributed by atoms with Gasteiger partial charge in [-0.3, -0.25) is 14.2 Å². The van der Waals surface area contributed by atoms with Gasteiger partial charge in [0.2, 0.25) is 5.91 Å². The van der Waals surface area contributed by atoms with Crippen LogP contribution in [0.4, 0.5) is 0 Å². The summed E-state index contributed by atoms with van der Waals surface area (Å²) in [5.74, 6) is 0.666. The second kappa shape index (κ2) is 11.0. The minimum atomic E-state index is -0.0792. The topological polar surface area (TPSA) is 64.0 Å². The Kier molecular flexibility index (Phi) is 8.40. The van der Waals surface area contributed by atoms with Crippen LogP contribution in [-0.2, 0) is 11.3 Å². The summed E-state index contributed by atoms with van der Waals surface area (Å²) >= 11 is 7.40. The summed E-state index contributed by atoms with van der Waals surface area (Å²) < 4.78 is 1.70. The lowest BCUT2D eigenvalue weighted by atomic mass is 9.97. The Bertz CT molecular complexity index is 984. The van der Waals surface area contributed by atoms with E-state index in [1.54, 1.807) is 22.8 Å². The van der Waals surface area contributed by atoms with E-state index in [0.29, 0.717) is 40.1 Å². The minimum Gasteiger partial charge on any atom is -0.355 e. The highest BCUT2D eigenvalue weighted by atomic mass is 35.5. The number of hydrogen-bond donors (Lipinski definition) is 1. The first-order valence-electron chi connectivity index (χ1n) is 10.7. The van der Waals surface area contributed by atoms with Crippen LogP contribution in [0.1, 0.15) is 52.4 Å². The largest absolute Gasteiger partial charge is 0.355 e. The molecule has 1 aromatic heterocycles. The van der Waals surface area contributed by atoms with Gasteiger partial charge in [0.25, 0.3) is 5.56 Å². The van der Waals surface area contributed by atoms with Gasteiger partial charge < -0.3 is 5.32 Å². The maximum atomic E-state index is 13.0. The van der Waals surface area contributed by atoms with Crippen molar-refractivity contribution in [1.82, 2.24) is 14.9 Å². The monoisotopic (exact) mass is 447 g/mol. The zero-order valence-corrected chi connectivity index (χ0v) is 19.3. The number of halogens is 1. The summed E-state index contributed by atoms with van der Waals surface area (Å²) in [6, 6.07) is 5.13. The predicted molar refractivity (Wildman–Crippen MR) is 125 cm³/mol. The molecular formula is C23H30ClN3O2S. The summed E-state index contributed by atoms with van der Waals surface area (Å²) in [6.07, 6.45) is 8.93. The molecule has 5 nitrogen and oxygen atoms in total. The van der Waals surface area contributed by atoms with Crippen molar-refractivity contribution < 1.29 is 4.79 Å². The van der Waals surface area contributed by atoms with Crippen LogP contribution in [0.2, 0.25) is 5.02 Å². The third kappa shape index (κ3) is 6.35. The number of benzene rings is 1. The molecule has 1 aliphatic carbocycles. The molecule has 162 valence electrons. The van der Waals surface area contributed by atoms with Crippen molar-refractivity contribution in [3.63, 3.8) is 0 Å². The number of carbonyl (C=O) groups is 1. The molecule has 7 heteroatoms. The van der Waals surface area contributed by atoms with E-state index in [9.17, 15) is 9.59 Å². The molecule has 0 saturated heterocycles. The van der Waals surface area contributed by atoms with Crippen molar-refractivity contribution >= 4 is 40.2 Å². The van der Waals surface area contributed by atoms with Gasteiger partial charge in [0.05, 0.1) is 16.7 Å². The zero-order valence-electron chi connectivity index (χ0n) is 17.7. The summed E-state index contributed by atoms with van der Waals surface area (Å²) in [7, 11) is 0. The predicted octanol–water partition coefficient (Wildman–Crippen LogP) is 5.19. The van der Waals surface area contributed by atoms with Gasteiger partial charge in [-0.1, -0.05) is 48.9 Å². The fourth-order valence-electron chi connectivity index (χ4n) is 3.54. The van der Waals surface area contributed by atoms with Crippen molar-refractivity contribution in [2.45, 2.75) is 64.1 Å². The standard InChI is InChI=1S/C23H30ClN3O2S/c1-16(2)11-13-27-22(29)19-9-8-18(24)14-20(19)26-23(27)30-15-21(28)25-12-10-17-6-4-3-5-7-17/h6,8-9,14,16H,3-5,7,10-13,15H2,1-2H3,(H,25,28). The maximum absolute atomic E-state index is 13.0. The van der Waals surface area contributed by atoms with E-state index < -0.39 is 0 Å². The maximum Gasteiger partial charge on any atom is 0.262 e.